The fraction of sp³-hybridized carbons (Fsp3) is 0.409. The van der Waals surface area contributed by atoms with Crippen LogP contribution in [0.5, 0.6) is 5.88 Å². The van der Waals surface area contributed by atoms with Gasteiger partial charge in [0.05, 0.1) is 5.56 Å². The lowest BCUT2D eigenvalue weighted by molar-refractivity contribution is -0.159. The van der Waals surface area contributed by atoms with Crippen LogP contribution in [0, 0.1) is 11.8 Å². The van der Waals surface area contributed by atoms with Crippen molar-refractivity contribution in [3.8, 4) is 5.88 Å². The number of rotatable bonds is 4. The van der Waals surface area contributed by atoms with Crippen LogP contribution in [0.4, 0.5) is 26.3 Å². The SMILES string of the molecule is O=C(c1cnc(OCC(F)(F)F)c(C(F)(F)F)c1)N1CC2CN(C(=O)c3ccc4n[nH]nc4c3)CC2C1. The van der Waals surface area contributed by atoms with Crippen molar-refractivity contribution in [3.63, 3.8) is 0 Å². The zero-order valence-corrected chi connectivity index (χ0v) is 18.8. The number of aromatic amines is 1. The molecule has 2 aromatic heterocycles. The van der Waals surface area contributed by atoms with Crippen molar-refractivity contribution in [2.24, 2.45) is 11.8 Å². The molecule has 2 aliphatic heterocycles. The summed E-state index contributed by atoms with van der Waals surface area (Å²) >= 11 is 0. The number of hydrogen-bond acceptors (Lipinski definition) is 6. The van der Waals surface area contributed by atoms with E-state index in [4.69, 9.17) is 0 Å². The van der Waals surface area contributed by atoms with Crippen molar-refractivity contribution in [2.45, 2.75) is 12.4 Å². The molecule has 9 nitrogen and oxygen atoms in total. The summed E-state index contributed by atoms with van der Waals surface area (Å²) in [6, 6.07) is 5.39. The molecule has 196 valence electrons. The number of benzene rings is 1. The fourth-order valence-electron chi connectivity index (χ4n) is 4.70. The minimum absolute atomic E-state index is 0.0758. The maximum atomic E-state index is 13.4. The van der Waals surface area contributed by atoms with Crippen molar-refractivity contribution in [2.75, 3.05) is 32.8 Å². The highest BCUT2D eigenvalue weighted by atomic mass is 19.4. The van der Waals surface area contributed by atoms with Crippen LogP contribution in [0.25, 0.3) is 11.0 Å². The second-order valence-electron chi connectivity index (χ2n) is 8.95. The number of carbonyl (C=O) groups is 2. The second kappa shape index (κ2) is 8.88. The molecular weight excluding hydrogens is 510 g/mol. The smallest absolute Gasteiger partial charge is 0.422 e. The molecule has 2 fully saturated rings. The van der Waals surface area contributed by atoms with Gasteiger partial charge in [-0.1, -0.05) is 0 Å². The van der Waals surface area contributed by atoms with E-state index in [1.165, 1.54) is 4.90 Å². The summed E-state index contributed by atoms with van der Waals surface area (Å²) in [4.78, 5) is 32.2. The van der Waals surface area contributed by atoms with Crippen molar-refractivity contribution in [3.05, 3.63) is 47.2 Å². The Morgan fingerprint density at radius 1 is 0.892 bits per heavy atom. The maximum absolute atomic E-state index is 13.4. The Balaban J connectivity index is 1.25. The van der Waals surface area contributed by atoms with Crippen LogP contribution in [-0.2, 0) is 6.18 Å². The molecule has 2 atom stereocenters. The Morgan fingerprint density at radius 2 is 1.49 bits per heavy atom. The summed E-state index contributed by atoms with van der Waals surface area (Å²) in [5.74, 6) is -2.34. The first-order valence-corrected chi connectivity index (χ1v) is 11.0. The normalized spacial score (nSPS) is 19.9. The molecule has 2 aliphatic rings. The van der Waals surface area contributed by atoms with Crippen LogP contribution < -0.4 is 4.74 Å². The van der Waals surface area contributed by atoms with Crippen molar-refractivity contribution in [1.29, 1.82) is 0 Å². The third kappa shape index (κ3) is 5.02. The lowest BCUT2D eigenvalue weighted by Gasteiger charge is -2.22. The zero-order chi connectivity index (χ0) is 26.5. The highest BCUT2D eigenvalue weighted by molar-refractivity contribution is 5.97. The van der Waals surface area contributed by atoms with Crippen LogP contribution in [0.3, 0.4) is 0 Å². The van der Waals surface area contributed by atoms with E-state index in [-0.39, 0.29) is 30.8 Å². The van der Waals surface area contributed by atoms with Crippen LogP contribution in [0.15, 0.2) is 30.5 Å². The molecule has 0 radical (unpaired) electrons. The first-order chi connectivity index (χ1) is 17.4. The summed E-state index contributed by atoms with van der Waals surface area (Å²) in [6.07, 6.45) is -9.17. The quantitative estimate of drug-likeness (QED) is 0.522. The molecular formula is C22H18F6N6O3. The number of nitrogens with one attached hydrogen (secondary N) is 1. The molecule has 0 saturated carbocycles. The van der Waals surface area contributed by atoms with E-state index in [0.717, 1.165) is 6.20 Å². The number of H-pyrrole nitrogens is 1. The lowest BCUT2D eigenvalue weighted by Crippen LogP contribution is -2.35. The summed E-state index contributed by atoms with van der Waals surface area (Å²) in [5, 5.41) is 10.4. The minimum atomic E-state index is -5.08. The molecule has 1 aromatic carbocycles. The molecule has 2 unspecified atom stereocenters. The molecule has 0 aliphatic carbocycles. The number of aromatic nitrogens is 4. The molecule has 37 heavy (non-hydrogen) atoms. The number of pyridine rings is 1. The highest BCUT2D eigenvalue weighted by Gasteiger charge is 2.44. The van der Waals surface area contributed by atoms with Gasteiger partial charge in [-0.05, 0) is 24.3 Å². The van der Waals surface area contributed by atoms with Gasteiger partial charge in [-0.2, -0.15) is 41.8 Å². The lowest BCUT2D eigenvalue weighted by atomic mass is 10.0. The number of likely N-dealkylation sites (tertiary alicyclic amines) is 2. The van der Waals surface area contributed by atoms with Crippen LogP contribution in [0.2, 0.25) is 0 Å². The van der Waals surface area contributed by atoms with Gasteiger partial charge >= 0.3 is 12.4 Å². The Labute approximate surface area is 204 Å². The summed E-state index contributed by atoms with van der Waals surface area (Å²) in [7, 11) is 0. The standard InChI is InChI=1S/C22H18F6N6O3/c23-21(24,25)10-37-18-15(22(26,27)28)3-12(5-29-18)20(36)34-8-13-6-33(7-14(13)9-34)19(35)11-1-2-16-17(4-11)31-32-30-16/h1-5,13-14H,6-10H2,(H,30,31,32). The van der Waals surface area contributed by atoms with Crippen molar-refractivity contribution < 1.29 is 40.7 Å². The monoisotopic (exact) mass is 528 g/mol. The van der Waals surface area contributed by atoms with Gasteiger partial charge in [-0.3, -0.25) is 9.59 Å². The van der Waals surface area contributed by atoms with E-state index in [1.807, 2.05) is 0 Å². The molecule has 4 heterocycles. The Morgan fingerprint density at radius 3 is 2.08 bits per heavy atom. The molecule has 0 bridgehead atoms. The molecule has 2 saturated heterocycles. The van der Waals surface area contributed by atoms with E-state index < -0.39 is 41.9 Å². The third-order valence-electron chi connectivity index (χ3n) is 6.40. The zero-order valence-electron chi connectivity index (χ0n) is 18.8. The van der Waals surface area contributed by atoms with Gasteiger partial charge < -0.3 is 14.5 Å². The molecule has 15 heteroatoms. The summed E-state index contributed by atoms with van der Waals surface area (Å²) in [6.45, 7) is -0.805. The number of fused-ring (bicyclic) bond motifs is 2. The fourth-order valence-corrected chi connectivity index (χ4v) is 4.70. The topological polar surface area (TPSA) is 104 Å². The van der Waals surface area contributed by atoms with Crippen LogP contribution in [0.1, 0.15) is 26.3 Å². The number of carbonyl (C=O) groups excluding carboxylic acids is 2. The maximum Gasteiger partial charge on any atom is 0.422 e. The van der Waals surface area contributed by atoms with Crippen molar-refractivity contribution >= 4 is 22.8 Å². The molecule has 5 rings (SSSR count). The van der Waals surface area contributed by atoms with Crippen LogP contribution in [-0.4, -0.2) is 81.0 Å². The average molecular weight is 528 g/mol. The average Bonchev–Trinajstić information content (AvgIpc) is 3.55. The Hall–Kier alpha value is -3.91. The number of nitrogens with zero attached hydrogens (tertiary/aromatic N) is 5. The van der Waals surface area contributed by atoms with E-state index >= 15 is 0 Å². The number of ether oxygens (including phenoxy) is 1. The third-order valence-corrected chi connectivity index (χ3v) is 6.40. The second-order valence-corrected chi connectivity index (χ2v) is 8.95. The molecule has 0 spiro atoms. The Bertz CT molecular complexity index is 1340. The van der Waals surface area contributed by atoms with Crippen LogP contribution >= 0.6 is 0 Å². The summed E-state index contributed by atoms with van der Waals surface area (Å²) in [5.41, 5.74) is -0.382. The highest BCUT2D eigenvalue weighted by Crippen LogP contribution is 2.37. The number of halogens is 6. The molecule has 2 amide bonds. The van der Waals surface area contributed by atoms with Gasteiger partial charge in [0, 0.05) is 49.8 Å². The van der Waals surface area contributed by atoms with Crippen molar-refractivity contribution in [1.82, 2.24) is 30.2 Å². The van der Waals surface area contributed by atoms with Gasteiger partial charge in [-0.15, -0.1) is 0 Å². The molecule has 1 N–H and O–H groups in total. The van der Waals surface area contributed by atoms with Gasteiger partial charge in [0.1, 0.15) is 16.6 Å². The van der Waals surface area contributed by atoms with Gasteiger partial charge in [0.25, 0.3) is 11.8 Å². The number of alkyl halides is 6. The van der Waals surface area contributed by atoms with E-state index in [9.17, 15) is 35.9 Å². The summed E-state index contributed by atoms with van der Waals surface area (Å²) < 4.78 is 81.7. The first kappa shape index (κ1) is 24.8. The largest absolute Gasteiger partial charge is 0.468 e. The van der Waals surface area contributed by atoms with E-state index in [2.05, 4.69) is 25.1 Å². The predicted molar refractivity (Wildman–Crippen MR) is 113 cm³/mol. The van der Waals surface area contributed by atoms with Gasteiger partial charge in [-0.25, -0.2) is 4.98 Å². The van der Waals surface area contributed by atoms with Gasteiger partial charge in [0.2, 0.25) is 5.88 Å². The van der Waals surface area contributed by atoms with E-state index in [1.54, 1.807) is 23.1 Å². The van der Waals surface area contributed by atoms with E-state index in [0.29, 0.717) is 35.8 Å². The van der Waals surface area contributed by atoms with Gasteiger partial charge in [0.15, 0.2) is 6.61 Å². The Kier molecular flexibility index (Phi) is 5.95. The number of hydrogen-bond donors (Lipinski definition) is 1. The predicted octanol–water partition coefficient (Wildman–Crippen LogP) is 3.16. The molecule has 3 aromatic rings. The minimum Gasteiger partial charge on any atom is -0.468 e. The number of amides is 2. The first-order valence-electron chi connectivity index (χ1n) is 11.0.